The van der Waals surface area contributed by atoms with Crippen LogP contribution in [0.15, 0.2) is 24.3 Å². The summed E-state index contributed by atoms with van der Waals surface area (Å²) in [4.78, 5) is 11.6. The van der Waals surface area contributed by atoms with E-state index in [1.54, 1.807) is 24.3 Å². The number of carbonyl (C=O) groups excluding carboxylic acids is 1. The molecule has 0 saturated heterocycles. The Morgan fingerprint density at radius 3 is 2.63 bits per heavy atom. The van der Waals surface area contributed by atoms with E-state index in [1.807, 2.05) is 6.07 Å². The number of para-hydroxylation sites is 1. The van der Waals surface area contributed by atoms with Crippen molar-refractivity contribution >= 4 is 5.91 Å². The highest BCUT2D eigenvalue weighted by atomic mass is 16.5. The van der Waals surface area contributed by atoms with E-state index in [2.05, 4.69) is 5.32 Å². The molecule has 6 heteroatoms. The SMILES string of the molecule is CC(CO)(CO)NC(=O)COc1ccccc1C#N. The minimum atomic E-state index is -1.09. The molecule has 0 aliphatic heterocycles. The van der Waals surface area contributed by atoms with Gasteiger partial charge in [0.2, 0.25) is 0 Å². The Balaban J connectivity index is 2.58. The zero-order valence-corrected chi connectivity index (χ0v) is 10.6. The topological polar surface area (TPSA) is 103 Å². The van der Waals surface area contributed by atoms with Crippen molar-refractivity contribution in [2.24, 2.45) is 0 Å². The summed E-state index contributed by atoms with van der Waals surface area (Å²) in [5.41, 5.74) is -0.753. The minimum absolute atomic E-state index is 0.297. The van der Waals surface area contributed by atoms with E-state index >= 15 is 0 Å². The number of hydrogen-bond donors (Lipinski definition) is 3. The zero-order chi connectivity index (χ0) is 14.3. The van der Waals surface area contributed by atoms with Crippen LogP contribution in [-0.2, 0) is 4.79 Å². The molecule has 0 radical (unpaired) electrons. The van der Waals surface area contributed by atoms with Crippen LogP contribution in [0.4, 0.5) is 0 Å². The monoisotopic (exact) mass is 264 g/mol. The smallest absolute Gasteiger partial charge is 0.258 e. The first-order valence-electron chi connectivity index (χ1n) is 5.69. The first kappa shape index (κ1) is 15.0. The number of aliphatic hydroxyl groups is 2. The van der Waals surface area contributed by atoms with Crippen molar-refractivity contribution in [1.29, 1.82) is 5.26 Å². The maximum Gasteiger partial charge on any atom is 0.258 e. The average molecular weight is 264 g/mol. The van der Waals surface area contributed by atoms with E-state index in [-0.39, 0.29) is 19.8 Å². The summed E-state index contributed by atoms with van der Waals surface area (Å²) in [6, 6.07) is 8.51. The Labute approximate surface area is 111 Å². The van der Waals surface area contributed by atoms with E-state index in [4.69, 9.17) is 20.2 Å². The summed E-state index contributed by atoms with van der Waals surface area (Å²) < 4.78 is 5.23. The van der Waals surface area contributed by atoms with Gasteiger partial charge >= 0.3 is 0 Å². The highest BCUT2D eigenvalue weighted by molar-refractivity contribution is 5.78. The second-order valence-corrected chi connectivity index (χ2v) is 4.32. The summed E-state index contributed by atoms with van der Waals surface area (Å²) in [6.45, 7) is 0.441. The van der Waals surface area contributed by atoms with Crippen molar-refractivity contribution in [3.8, 4) is 11.8 Å². The largest absolute Gasteiger partial charge is 0.482 e. The maximum absolute atomic E-state index is 11.6. The van der Waals surface area contributed by atoms with Gasteiger partial charge in [-0.15, -0.1) is 0 Å². The van der Waals surface area contributed by atoms with Crippen LogP contribution in [0.2, 0.25) is 0 Å². The molecule has 0 fully saturated rings. The van der Waals surface area contributed by atoms with Gasteiger partial charge in [0, 0.05) is 0 Å². The molecule has 0 aliphatic carbocycles. The summed E-state index contributed by atoms with van der Waals surface area (Å²) in [7, 11) is 0. The fourth-order valence-corrected chi connectivity index (χ4v) is 1.33. The molecule has 1 aromatic rings. The van der Waals surface area contributed by atoms with Crippen LogP contribution in [0.3, 0.4) is 0 Å². The molecule has 0 spiro atoms. The van der Waals surface area contributed by atoms with Gasteiger partial charge in [-0.2, -0.15) is 5.26 Å². The Morgan fingerprint density at radius 2 is 2.05 bits per heavy atom. The van der Waals surface area contributed by atoms with Crippen molar-refractivity contribution in [1.82, 2.24) is 5.32 Å². The molecular weight excluding hydrogens is 248 g/mol. The average Bonchev–Trinajstić information content (AvgIpc) is 2.45. The minimum Gasteiger partial charge on any atom is -0.482 e. The van der Waals surface area contributed by atoms with Crippen LogP contribution < -0.4 is 10.1 Å². The lowest BCUT2D eigenvalue weighted by Gasteiger charge is -2.26. The van der Waals surface area contributed by atoms with Crippen LogP contribution in [0.25, 0.3) is 0 Å². The lowest BCUT2D eigenvalue weighted by atomic mass is 10.1. The molecular formula is C13H16N2O4. The highest BCUT2D eigenvalue weighted by Gasteiger charge is 2.24. The van der Waals surface area contributed by atoms with Gasteiger partial charge < -0.3 is 20.3 Å². The standard InChI is InChI=1S/C13H16N2O4/c1-13(8-16,9-17)15-12(18)7-19-11-5-3-2-4-10(11)6-14/h2-5,16-17H,7-9H2,1H3,(H,15,18). The summed E-state index contributed by atoms with van der Waals surface area (Å²) in [5.74, 6) is -0.173. The lowest BCUT2D eigenvalue weighted by molar-refractivity contribution is -0.126. The molecule has 6 nitrogen and oxygen atoms in total. The molecule has 0 unspecified atom stereocenters. The quantitative estimate of drug-likeness (QED) is 0.660. The number of nitrogens with zero attached hydrogens (tertiary/aromatic N) is 1. The van der Waals surface area contributed by atoms with Gasteiger partial charge in [0.05, 0.1) is 24.3 Å². The third-order valence-electron chi connectivity index (χ3n) is 2.51. The number of amides is 1. The fraction of sp³-hybridized carbons (Fsp3) is 0.385. The number of ether oxygens (including phenoxy) is 1. The van der Waals surface area contributed by atoms with Crippen LogP contribution in [0.1, 0.15) is 12.5 Å². The molecule has 3 N–H and O–H groups in total. The maximum atomic E-state index is 11.6. The normalized spacial score (nSPS) is 10.6. The van der Waals surface area contributed by atoms with Gasteiger partial charge in [0.15, 0.2) is 6.61 Å². The molecule has 1 aromatic carbocycles. The number of aliphatic hydroxyl groups excluding tert-OH is 2. The summed E-state index contributed by atoms with van der Waals surface area (Å²) >= 11 is 0. The Morgan fingerprint density at radius 1 is 1.42 bits per heavy atom. The molecule has 0 heterocycles. The highest BCUT2D eigenvalue weighted by Crippen LogP contribution is 2.16. The van der Waals surface area contributed by atoms with Crippen molar-refractivity contribution in [2.45, 2.75) is 12.5 Å². The second-order valence-electron chi connectivity index (χ2n) is 4.32. The number of nitrogens with one attached hydrogen (secondary N) is 1. The Hall–Kier alpha value is -2.10. The summed E-state index contributed by atoms with van der Waals surface area (Å²) in [6.07, 6.45) is 0. The van der Waals surface area contributed by atoms with Crippen molar-refractivity contribution < 1.29 is 19.7 Å². The van der Waals surface area contributed by atoms with Crippen molar-refractivity contribution in [3.63, 3.8) is 0 Å². The van der Waals surface area contributed by atoms with Crippen molar-refractivity contribution in [3.05, 3.63) is 29.8 Å². The number of nitriles is 1. The van der Waals surface area contributed by atoms with Gasteiger partial charge in [-0.25, -0.2) is 0 Å². The number of carbonyl (C=O) groups is 1. The molecule has 0 aliphatic rings. The van der Waals surface area contributed by atoms with E-state index in [0.717, 1.165) is 0 Å². The van der Waals surface area contributed by atoms with Gasteiger partial charge in [-0.1, -0.05) is 12.1 Å². The Kier molecular flexibility index (Phi) is 5.30. The molecule has 19 heavy (non-hydrogen) atoms. The van der Waals surface area contributed by atoms with Crippen LogP contribution in [0.5, 0.6) is 5.75 Å². The summed E-state index contributed by atoms with van der Waals surface area (Å²) in [5, 5.41) is 29.4. The van der Waals surface area contributed by atoms with Crippen LogP contribution in [0, 0.1) is 11.3 Å². The predicted octanol–water partition coefficient (Wildman–Crippen LogP) is -0.203. The van der Waals surface area contributed by atoms with E-state index in [9.17, 15) is 4.79 Å². The van der Waals surface area contributed by atoms with Gasteiger partial charge in [-0.05, 0) is 19.1 Å². The second kappa shape index (κ2) is 6.73. The van der Waals surface area contributed by atoms with Gasteiger partial charge in [0.25, 0.3) is 5.91 Å². The van der Waals surface area contributed by atoms with Gasteiger partial charge in [-0.3, -0.25) is 4.79 Å². The third kappa shape index (κ3) is 4.25. The molecule has 0 aromatic heterocycles. The van der Waals surface area contributed by atoms with E-state index in [0.29, 0.717) is 11.3 Å². The van der Waals surface area contributed by atoms with E-state index in [1.165, 1.54) is 6.92 Å². The zero-order valence-electron chi connectivity index (χ0n) is 10.6. The van der Waals surface area contributed by atoms with Gasteiger partial charge in [0.1, 0.15) is 11.8 Å². The third-order valence-corrected chi connectivity index (χ3v) is 2.51. The number of hydrogen-bond acceptors (Lipinski definition) is 5. The molecule has 0 bridgehead atoms. The molecule has 0 atom stereocenters. The Bertz CT molecular complexity index is 478. The van der Waals surface area contributed by atoms with Crippen LogP contribution in [-0.4, -0.2) is 41.5 Å². The van der Waals surface area contributed by atoms with Crippen molar-refractivity contribution in [2.75, 3.05) is 19.8 Å². The van der Waals surface area contributed by atoms with Crippen LogP contribution >= 0.6 is 0 Å². The molecule has 1 rings (SSSR count). The molecule has 1 amide bonds. The first-order valence-corrected chi connectivity index (χ1v) is 5.69. The lowest BCUT2D eigenvalue weighted by Crippen LogP contribution is -2.53. The number of benzene rings is 1. The number of rotatable bonds is 6. The van der Waals surface area contributed by atoms with E-state index < -0.39 is 11.4 Å². The molecule has 0 saturated carbocycles. The predicted molar refractivity (Wildman–Crippen MR) is 67.4 cm³/mol. The first-order chi connectivity index (χ1) is 9.04. The molecule has 102 valence electrons. The fourth-order valence-electron chi connectivity index (χ4n) is 1.33.